The minimum absolute atomic E-state index is 0.225. The van der Waals surface area contributed by atoms with Crippen LogP contribution in [0.2, 0.25) is 0 Å². The molecule has 0 saturated heterocycles. The Hall–Kier alpha value is -1.31. The average molecular weight is 260 g/mol. The monoisotopic (exact) mass is 260 g/mol. The van der Waals surface area contributed by atoms with Crippen LogP contribution in [0.1, 0.15) is 68.3 Å². The molecule has 0 amide bonds. The van der Waals surface area contributed by atoms with Crippen LogP contribution in [0, 0.1) is 6.92 Å². The Morgan fingerprint density at radius 2 is 2.05 bits per heavy atom. The fourth-order valence-electron chi connectivity index (χ4n) is 2.75. The summed E-state index contributed by atoms with van der Waals surface area (Å²) in [6.45, 7) is 6.28. The number of hydrogen-bond donors (Lipinski definition) is 0. The van der Waals surface area contributed by atoms with E-state index in [9.17, 15) is 4.79 Å². The largest absolute Gasteiger partial charge is 0.486 e. The molecule has 2 nitrogen and oxygen atoms in total. The van der Waals surface area contributed by atoms with Crippen molar-refractivity contribution in [2.24, 2.45) is 0 Å². The number of carbonyl (C=O) groups excluding carboxylic acids is 1. The fraction of sp³-hybridized carbons (Fsp3) is 0.588. The van der Waals surface area contributed by atoms with E-state index in [0.717, 1.165) is 29.7 Å². The first kappa shape index (κ1) is 14.1. The zero-order chi connectivity index (χ0) is 13.9. The third-order valence-corrected chi connectivity index (χ3v) is 3.89. The van der Waals surface area contributed by atoms with Gasteiger partial charge in [-0.05, 0) is 38.8 Å². The highest BCUT2D eigenvalue weighted by Crippen LogP contribution is 2.36. The van der Waals surface area contributed by atoms with Gasteiger partial charge in [-0.25, -0.2) is 0 Å². The van der Waals surface area contributed by atoms with E-state index in [1.165, 1.54) is 19.3 Å². The molecule has 2 heteroatoms. The number of rotatable bonds is 5. The highest BCUT2D eigenvalue weighted by atomic mass is 16.5. The molecule has 19 heavy (non-hydrogen) atoms. The van der Waals surface area contributed by atoms with Crippen LogP contribution in [0.3, 0.4) is 0 Å². The van der Waals surface area contributed by atoms with Crippen molar-refractivity contribution in [2.75, 3.05) is 0 Å². The predicted octanol–water partition coefficient (Wildman–Crippen LogP) is 4.69. The van der Waals surface area contributed by atoms with Crippen LogP contribution in [0.15, 0.2) is 18.2 Å². The summed E-state index contributed by atoms with van der Waals surface area (Å²) < 4.78 is 6.10. The fourth-order valence-corrected chi connectivity index (χ4v) is 2.75. The van der Waals surface area contributed by atoms with Crippen molar-refractivity contribution in [3.63, 3.8) is 0 Å². The van der Waals surface area contributed by atoms with E-state index in [0.29, 0.717) is 6.42 Å². The zero-order valence-corrected chi connectivity index (χ0v) is 12.3. The number of carbonyl (C=O) groups is 1. The van der Waals surface area contributed by atoms with Gasteiger partial charge in [0.15, 0.2) is 5.78 Å². The smallest absolute Gasteiger partial charge is 0.170 e. The number of benzene rings is 1. The van der Waals surface area contributed by atoms with Crippen LogP contribution in [-0.2, 0) is 0 Å². The first-order valence-electron chi connectivity index (χ1n) is 7.37. The van der Waals surface area contributed by atoms with E-state index in [-0.39, 0.29) is 11.4 Å². The summed E-state index contributed by atoms with van der Waals surface area (Å²) in [7, 11) is 0. The second-order valence-electron chi connectivity index (χ2n) is 5.96. The summed E-state index contributed by atoms with van der Waals surface area (Å²) in [6.07, 6.45) is 6.34. The maximum atomic E-state index is 12.3. The number of ketones is 1. The molecule has 0 aliphatic carbocycles. The molecule has 0 spiro atoms. The molecule has 0 N–H and O–H groups in total. The third-order valence-electron chi connectivity index (χ3n) is 3.89. The molecular weight excluding hydrogens is 236 g/mol. The molecule has 104 valence electrons. The number of Topliss-reactive ketones (excluding diaryl/α,β-unsaturated/α-hetero) is 1. The maximum Gasteiger partial charge on any atom is 0.170 e. The first-order valence-corrected chi connectivity index (χ1v) is 7.37. The van der Waals surface area contributed by atoms with Gasteiger partial charge >= 0.3 is 0 Å². The van der Waals surface area contributed by atoms with Crippen molar-refractivity contribution in [2.45, 2.75) is 64.9 Å². The SMILES string of the molecule is CCCCCCC1(C)CC(=O)c2cc(C)ccc2O1. The Labute approximate surface area is 116 Å². The molecule has 0 radical (unpaired) electrons. The molecule has 0 fully saturated rings. The molecule has 1 aliphatic rings. The van der Waals surface area contributed by atoms with Gasteiger partial charge in [0.1, 0.15) is 11.4 Å². The normalized spacial score (nSPS) is 21.9. The van der Waals surface area contributed by atoms with Gasteiger partial charge in [0.05, 0.1) is 12.0 Å². The highest BCUT2D eigenvalue weighted by molar-refractivity contribution is 6.00. The van der Waals surface area contributed by atoms with Gasteiger partial charge in [0.2, 0.25) is 0 Å². The number of ether oxygens (including phenoxy) is 1. The lowest BCUT2D eigenvalue weighted by atomic mass is 9.87. The van der Waals surface area contributed by atoms with Crippen LogP contribution in [-0.4, -0.2) is 11.4 Å². The number of aryl methyl sites for hydroxylation is 1. The predicted molar refractivity (Wildman–Crippen MR) is 77.9 cm³/mol. The second-order valence-corrected chi connectivity index (χ2v) is 5.96. The summed E-state index contributed by atoms with van der Waals surface area (Å²) in [6, 6.07) is 5.88. The van der Waals surface area contributed by atoms with E-state index in [2.05, 4.69) is 13.8 Å². The van der Waals surface area contributed by atoms with Crippen molar-refractivity contribution in [3.05, 3.63) is 29.3 Å². The second kappa shape index (κ2) is 5.77. The number of fused-ring (bicyclic) bond motifs is 1. The van der Waals surface area contributed by atoms with Gasteiger partial charge in [0, 0.05) is 0 Å². The Balaban J connectivity index is 2.07. The molecule has 0 bridgehead atoms. The van der Waals surface area contributed by atoms with Gasteiger partial charge in [-0.2, -0.15) is 0 Å². The standard InChI is InChI=1S/C17H24O2/c1-4-5-6-7-10-17(3)12-15(18)14-11-13(2)8-9-16(14)19-17/h8-9,11H,4-7,10,12H2,1-3H3. The Morgan fingerprint density at radius 1 is 1.26 bits per heavy atom. The lowest BCUT2D eigenvalue weighted by Gasteiger charge is -2.35. The first-order chi connectivity index (χ1) is 9.04. The van der Waals surface area contributed by atoms with E-state index in [4.69, 9.17) is 4.74 Å². The van der Waals surface area contributed by atoms with Crippen molar-refractivity contribution in [1.82, 2.24) is 0 Å². The number of hydrogen-bond acceptors (Lipinski definition) is 2. The molecule has 0 saturated carbocycles. The molecule has 0 aromatic heterocycles. The van der Waals surface area contributed by atoms with Crippen LogP contribution in [0.25, 0.3) is 0 Å². The van der Waals surface area contributed by atoms with Gasteiger partial charge in [-0.3, -0.25) is 4.79 Å². The zero-order valence-electron chi connectivity index (χ0n) is 12.3. The molecule has 1 unspecified atom stereocenters. The molecule has 1 atom stereocenters. The van der Waals surface area contributed by atoms with Crippen LogP contribution >= 0.6 is 0 Å². The summed E-state index contributed by atoms with van der Waals surface area (Å²) in [5.41, 5.74) is 1.56. The Morgan fingerprint density at radius 3 is 2.79 bits per heavy atom. The minimum Gasteiger partial charge on any atom is -0.486 e. The van der Waals surface area contributed by atoms with Gasteiger partial charge in [0.25, 0.3) is 0 Å². The van der Waals surface area contributed by atoms with E-state index < -0.39 is 0 Å². The van der Waals surface area contributed by atoms with E-state index in [1.807, 2.05) is 25.1 Å². The molecular formula is C17H24O2. The molecule has 1 heterocycles. The van der Waals surface area contributed by atoms with E-state index >= 15 is 0 Å². The molecule has 1 aromatic rings. The Bertz CT molecular complexity index is 464. The lowest BCUT2D eigenvalue weighted by Crippen LogP contribution is -2.39. The highest BCUT2D eigenvalue weighted by Gasteiger charge is 2.35. The summed E-state index contributed by atoms with van der Waals surface area (Å²) in [5, 5.41) is 0. The van der Waals surface area contributed by atoms with Gasteiger partial charge in [-0.1, -0.05) is 37.8 Å². The van der Waals surface area contributed by atoms with E-state index in [1.54, 1.807) is 0 Å². The van der Waals surface area contributed by atoms with Crippen LogP contribution < -0.4 is 4.74 Å². The number of unbranched alkanes of at least 4 members (excludes halogenated alkanes) is 3. The Kier molecular flexibility index (Phi) is 4.28. The minimum atomic E-state index is -0.312. The summed E-state index contributed by atoms with van der Waals surface area (Å²) >= 11 is 0. The molecule has 2 rings (SSSR count). The van der Waals surface area contributed by atoms with Crippen molar-refractivity contribution in [3.8, 4) is 5.75 Å². The quantitative estimate of drug-likeness (QED) is 0.718. The van der Waals surface area contributed by atoms with Crippen LogP contribution in [0.4, 0.5) is 0 Å². The lowest BCUT2D eigenvalue weighted by molar-refractivity contribution is 0.0453. The molecule has 1 aromatic carbocycles. The topological polar surface area (TPSA) is 26.3 Å². The van der Waals surface area contributed by atoms with Crippen LogP contribution in [0.5, 0.6) is 5.75 Å². The van der Waals surface area contributed by atoms with Crippen molar-refractivity contribution in [1.29, 1.82) is 0 Å². The van der Waals surface area contributed by atoms with Gasteiger partial charge in [-0.15, -0.1) is 0 Å². The van der Waals surface area contributed by atoms with Crippen molar-refractivity contribution < 1.29 is 9.53 Å². The van der Waals surface area contributed by atoms with Gasteiger partial charge < -0.3 is 4.74 Å². The van der Waals surface area contributed by atoms with Crippen molar-refractivity contribution >= 4 is 5.78 Å². The maximum absolute atomic E-state index is 12.3. The third kappa shape index (κ3) is 3.37. The molecule has 1 aliphatic heterocycles. The summed E-state index contributed by atoms with van der Waals surface area (Å²) in [5.74, 6) is 0.989. The average Bonchev–Trinajstić information content (AvgIpc) is 2.36. The summed E-state index contributed by atoms with van der Waals surface area (Å²) in [4.78, 5) is 12.3.